The summed E-state index contributed by atoms with van der Waals surface area (Å²) in [5, 5.41) is 3.22. The van der Waals surface area contributed by atoms with Crippen molar-refractivity contribution in [2.75, 3.05) is 0 Å². The minimum atomic E-state index is -4.76. The first kappa shape index (κ1) is 16.6. The molecule has 3 rings (SSSR count). The number of hydrogen-bond acceptors (Lipinski definition) is 6. The lowest BCUT2D eigenvalue weighted by molar-refractivity contribution is -0.159. The van der Waals surface area contributed by atoms with Crippen LogP contribution in [0.1, 0.15) is 11.7 Å². The van der Waals surface area contributed by atoms with Crippen LogP contribution in [0.4, 0.5) is 13.2 Å². The lowest BCUT2D eigenvalue weighted by atomic mass is 10.2. The minimum Gasteiger partial charge on any atom is -0.329 e. The number of alkyl halides is 3. The summed E-state index contributed by atoms with van der Waals surface area (Å²) in [4.78, 5) is 31.0. The summed E-state index contributed by atoms with van der Waals surface area (Å²) in [7, 11) is 1.52. The van der Waals surface area contributed by atoms with Crippen molar-refractivity contribution in [3.63, 3.8) is 0 Å². The zero-order valence-corrected chi connectivity index (χ0v) is 12.7. The molecule has 0 N–H and O–H groups in total. The molecule has 3 heterocycles. The molecule has 0 atom stereocenters. The van der Waals surface area contributed by atoms with E-state index in [1.807, 2.05) is 0 Å². The van der Waals surface area contributed by atoms with E-state index in [2.05, 4.69) is 19.6 Å². The Labute approximate surface area is 137 Å². The molecule has 11 heteroatoms. The van der Waals surface area contributed by atoms with E-state index in [9.17, 15) is 22.8 Å². The van der Waals surface area contributed by atoms with Gasteiger partial charge in [-0.15, -0.1) is 0 Å². The highest BCUT2D eigenvalue weighted by Crippen LogP contribution is 2.28. The van der Waals surface area contributed by atoms with E-state index < -0.39 is 17.6 Å². The lowest BCUT2D eigenvalue weighted by Gasteiger charge is -2.08. The summed E-state index contributed by atoms with van der Waals surface area (Å²) in [6, 6.07) is 3.73. The minimum absolute atomic E-state index is 0.0196. The molecule has 0 aromatic carbocycles. The van der Waals surface area contributed by atoms with Crippen LogP contribution >= 0.6 is 0 Å². The second kappa shape index (κ2) is 6.00. The fourth-order valence-corrected chi connectivity index (χ4v) is 2.05. The smallest absolute Gasteiger partial charge is 0.329 e. The highest BCUT2D eigenvalue weighted by molar-refractivity contribution is 5.52. The van der Waals surface area contributed by atoms with Crippen LogP contribution in [0.25, 0.3) is 11.4 Å². The van der Waals surface area contributed by atoms with Gasteiger partial charge >= 0.3 is 12.1 Å². The first-order chi connectivity index (χ1) is 11.8. The van der Waals surface area contributed by atoms with Crippen molar-refractivity contribution >= 4 is 0 Å². The predicted molar refractivity (Wildman–Crippen MR) is 77.6 cm³/mol. The summed E-state index contributed by atoms with van der Waals surface area (Å²) >= 11 is 0. The number of rotatable bonds is 3. The number of halogens is 3. The van der Waals surface area contributed by atoms with Gasteiger partial charge in [-0.3, -0.25) is 14.2 Å². The van der Waals surface area contributed by atoms with Crippen LogP contribution < -0.4 is 11.1 Å². The van der Waals surface area contributed by atoms with Gasteiger partial charge in [-0.05, 0) is 6.07 Å². The molecular weight excluding hydrogens is 343 g/mol. The largest absolute Gasteiger partial charge is 0.471 e. The molecule has 0 spiro atoms. The van der Waals surface area contributed by atoms with E-state index in [0.29, 0.717) is 5.82 Å². The van der Waals surface area contributed by atoms with Gasteiger partial charge < -0.3 is 9.09 Å². The van der Waals surface area contributed by atoms with Crippen LogP contribution in [0.5, 0.6) is 0 Å². The maximum atomic E-state index is 12.5. The molecule has 0 radical (unpaired) electrons. The van der Waals surface area contributed by atoms with Gasteiger partial charge in [-0.25, -0.2) is 4.98 Å². The van der Waals surface area contributed by atoms with E-state index in [1.54, 1.807) is 0 Å². The summed E-state index contributed by atoms with van der Waals surface area (Å²) in [6.45, 7) is 0.0196. The molecule has 0 fully saturated rings. The van der Waals surface area contributed by atoms with Crippen LogP contribution in [0.15, 0.2) is 44.7 Å². The molecule has 130 valence electrons. The van der Waals surface area contributed by atoms with Crippen LogP contribution in [0, 0.1) is 0 Å². The third-order valence-corrected chi connectivity index (χ3v) is 3.39. The maximum absolute atomic E-state index is 12.5. The lowest BCUT2D eigenvalue weighted by Crippen LogP contribution is -2.26. The molecule has 25 heavy (non-hydrogen) atoms. The van der Waals surface area contributed by atoms with Gasteiger partial charge in [0, 0.05) is 37.1 Å². The van der Waals surface area contributed by atoms with Gasteiger partial charge in [-0.1, -0.05) is 5.16 Å². The quantitative estimate of drug-likeness (QED) is 0.699. The van der Waals surface area contributed by atoms with Crippen molar-refractivity contribution in [3.05, 3.63) is 63.0 Å². The average molecular weight is 353 g/mol. The number of pyridine rings is 1. The van der Waals surface area contributed by atoms with E-state index in [-0.39, 0.29) is 23.5 Å². The van der Waals surface area contributed by atoms with Gasteiger partial charge in [-0.2, -0.15) is 18.2 Å². The van der Waals surface area contributed by atoms with E-state index in [4.69, 9.17) is 0 Å². The molecule has 0 aliphatic heterocycles. The van der Waals surface area contributed by atoms with Crippen molar-refractivity contribution in [2.45, 2.75) is 12.7 Å². The normalized spacial score (nSPS) is 11.7. The van der Waals surface area contributed by atoms with Crippen molar-refractivity contribution < 1.29 is 17.7 Å². The molecular formula is C14H10F3N5O3. The Balaban J connectivity index is 1.91. The summed E-state index contributed by atoms with van der Waals surface area (Å²) in [6.07, 6.45) is -2.08. The van der Waals surface area contributed by atoms with Crippen molar-refractivity contribution in [3.8, 4) is 11.4 Å². The van der Waals surface area contributed by atoms with Crippen molar-refractivity contribution in [1.29, 1.82) is 0 Å². The Bertz CT molecular complexity index is 1030. The van der Waals surface area contributed by atoms with Gasteiger partial charge in [0.25, 0.3) is 11.1 Å². The fraction of sp³-hybridized carbons (Fsp3) is 0.214. The zero-order chi connectivity index (χ0) is 18.2. The second-order valence-corrected chi connectivity index (χ2v) is 5.06. The molecule has 0 bridgehead atoms. The van der Waals surface area contributed by atoms with Crippen LogP contribution in [0.3, 0.4) is 0 Å². The SMILES string of the molecule is Cn1c(Cn2ccc(-c3noc(C(F)(F)F)n3)cc2=O)nccc1=O. The van der Waals surface area contributed by atoms with E-state index >= 15 is 0 Å². The molecule has 0 unspecified atom stereocenters. The molecule has 8 nitrogen and oxygen atoms in total. The standard InChI is InChI=1S/C14H10F3N5O3/c1-21-9(18-4-2-10(21)23)7-22-5-3-8(6-11(22)24)12-19-13(25-20-12)14(15,16)17/h2-6H,7H2,1H3. The number of hydrogen-bond donors (Lipinski definition) is 0. The van der Waals surface area contributed by atoms with Gasteiger partial charge in [0.2, 0.25) is 5.82 Å². The van der Waals surface area contributed by atoms with E-state index in [1.165, 1.54) is 40.7 Å². The summed E-state index contributed by atoms with van der Waals surface area (Å²) in [5.74, 6) is -1.49. The predicted octanol–water partition coefficient (Wildman–Crippen LogP) is 1.06. The molecule has 0 aliphatic rings. The number of nitrogens with zero attached hydrogens (tertiary/aromatic N) is 5. The Morgan fingerprint density at radius 1 is 1.20 bits per heavy atom. The topological polar surface area (TPSA) is 95.8 Å². The van der Waals surface area contributed by atoms with Crippen molar-refractivity contribution in [2.24, 2.45) is 7.05 Å². The maximum Gasteiger partial charge on any atom is 0.471 e. The van der Waals surface area contributed by atoms with Gasteiger partial charge in [0.05, 0.1) is 6.54 Å². The Kier molecular flexibility index (Phi) is 3.99. The van der Waals surface area contributed by atoms with Gasteiger partial charge in [0.15, 0.2) is 0 Å². The summed E-state index contributed by atoms with van der Waals surface area (Å²) < 4.78 is 44.1. The molecule has 0 saturated heterocycles. The number of aromatic nitrogens is 5. The first-order valence-electron chi connectivity index (χ1n) is 6.88. The molecule has 0 aliphatic carbocycles. The van der Waals surface area contributed by atoms with Crippen molar-refractivity contribution in [1.82, 2.24) is 24.3 Å². The molecule has 0 saturated carbocycles. The average Bonchev–Trinajstić information content (AvgIpc) is 3.04. The van der Waals surface area contributed by atoms with Crippen LogP contribution in [-0.2, 0) is 19.8 Å². The Hall–Kier alpha value is -3.24. The van der Waals surface area contributed by atoms with Crippen LogP contribution in [0.2, 0.25) is 0 Å². The Morgan fingerprint density at radius 2 is 1.96 bits per heavy atom. The van der Waals surface area contributed by atoms with Gasteiger partial charge in [0.1, 0.15) is 5.82 Å². The van der Waals surface area contributed by atoms with E-state index in [0.717, 1.165) is 6.07 Å². The Morgan fingerprint density at radius 3 is 2.60 bits per heavy atom. The molecule has 0 amide bonds. The fourth-order valence-electron chi connectivity index (χ4n) is 2.05. The summed E-state index contributed by atoms with van der Waals surface area (Å²) in [5.41, 5.74) is -0.717. The second-order valence-electron chi connectivity index (χ2n) is 5.06. The third-order valence-electron chi connectivity index (χ3n) is 3.39. The van der Waals surface area contributed by atoms with Crippen LogP contribution in [-0.4, -0.2) is 24.3 Å². The first-order valence-corrected chi connectivity index (χ1v) is 6.88. The highest BCUT2D eigenvalue weighted by Gasteiger charge is 2.38. The molecule has 3 aromatic rings. The zero-order valence-electron chi connectivity index (χ0n) is 12.7. The molecule has 3 aromatic heterocycles. The highest BCUT2D eigenvalue weighted by atomic mass is 19.4. The third kappa shape index (κ3) is 3.34. The monoisotopic (exact) mass is 353 g/mol.